The Morgan fingerprint density at radius 2 is 1.36 bits per heavy atom. The monoisotopic (exact) mass is 478 g/mol. The molecule has 4 heteroatoms. The van der Waals surface area contributed by atoms with Crippen LogP contribution in [0.4, 0.5) is 0 Å². The van der Waals surface area contributed by atoms with Gasteiger partial charge in [0.05, 0.1) is 10.0 Å². The average Bonchev–Trinajstić information content (AvgIpc) is 3.25. The molecule has 2 saturated heterocycles. The largest absolute Gasteiger partial charge is 0.303 e. The predicted octanol–water partition coefficient (Wildman–Crippen LogP) is 7.09. The van der Waals surface area contributed by atoms with Crippen molar-refractivity contribution in [1.29, 1.82) is 0 Å². The van der Waals surface area contributed by atoms with Crippen LogP contribution in [-0.4, -0.2) is 42.5 Å². The summed E-state index contributed by atoms with van der Waals surface area (Å²) in [6, 6.07) is 28.2. The Morgan fingerprint density at radius 1 is 0.697 bits per heavy atom. The first kappa shape index (κ1) is 22.9. The summed E-state index contributed by atoms with van der Waals surface area (Å²) in [4.78, 5) is 5.31. The molecule has 0 bridgehead atoms. The first-order chi connectivity index (χ1) is 16.2. The minimum absolute atomic E-state index is 0.570. The summed E-state index contributed by atoms with van der Waals surface area (Å²) >= 11 is 12.4. The fraction of sp³-hybridized carbons (Fsp3) is 0.379. The zero-order valence-corrected chi connectivity index (χ0v) is 20.6. The zero-order chi connectivity index (χ0) is 22.6. The quantitative estimate of drug-likeness (QED) is 0.373. The fourth-order valence-electron chi connectivity index (χ4n) is 5.75. The van der Waals surface area contributed by atoms with Gasteiger partial charge >= 0.3 is 0 Å². The lowest BCUT2D eigenvalue weighted by Gasteiger charge is -2.35. The summed E-state index contributed by atoms with van der Waals surface area (Å²) in [5.41, 5.74) is 4.21. The molecule has 2 nitrogen and oxygen atoms in total. The van der Waals surface area contributed by atoms with Crippen LogP contribution in [0.15, 0.2) is 78.9 Å². The van der Waals surface area contributed by atoms with Crippen molar-refractivity contribution in [3.8, 4) is 0 Å². The van der Waals surface area contributed by atoms with Gasteiger partial charge in [-0.05, 0) is 66.6 Å². The van der Waals surface area contributed by atoms with E-state index in [1.807, 2.05) is 12.1 Å². The van der Waals surface area contributed by atoms with Crippen LogP contribution in [0.5, 0.6) is 0 Å². The molecule has 172 valence electrons. The Bertz CT molecular complexity index is 1030. The zero-order valence-electron chi connectivity index (χ0n) is 19.0. The molecule has 0 radical (unpaired) electrons. The molecule has 0 aliphatic carbocycles. The van der Waals surface area contributed by atoms with Gasteiger partial charge < -0.3 is 4.90 Å². The summed E-state index contributed by atoms with van der Waals surface area (Å²) < 4.78 is 0. The lowest BCUT2D eigenvalue weighted by molar-refractivity contribution is 0.177. The summed E-state index contributed by atoms with van der Waals surface area (Å²) in [6.45, 7) is 6.72. The third-order valence-corrected chi connectivity index (χ3v) is 8.22. The molecule has 0 aromatic heterocycles. The number of likely N-dealkylation sites (tertiary alicyclic amines) is 2. The molecule has 0 spiro atoms. The minimum Gasteiger partial charge on any atom is -0.303 e. The van der Waals surface area contributed by atoms with Crippen molar-refractivity contribution < 1.29 is 0 Å². The minimum atomic E-state index is 0.570. The molecule has 0 N–H and O–H groups in total. The predicted molar refractivity (Wildman–Crippen MR) is 139 cm³/mol. The van der Waals surface area contributed by atoms with E-state index in [0.29, 0.717) is 27.8 Å². The molecule has 2 aliphatic heterocycles. The van der Waals surface area contributed by atoms with Crippen molar-refractivity contribution in [3.63, 3.8) is 0 Å². The van der Waals surface area contributed by atoms with E-state index < -0.39 is 0 Å². The van der Waals surface area contributed by atoms with Gasteiger partial charge in [0.1, 0.15) is 0 Å². The van der Waals surface area contributed by atoms with Crippen molar-refractivity contribution in [2.45, 2.75) is 31.2 Å². The lowest BCUT2D eigenvalue weighted by atomic mass is 9.86. The number of piperidine rings is 1. The molecule has 3 aromatic rings. The van der Waals surface area contributed by atoms with Crippen LogP contribution in [0.1, 0.15) is 41.4 Å². The summed E-state index contributed by atoms with van der Waals surface area (Å²) in [6.07, 6.45) is 2.53. The summed E-state index contributed by atoms with van der Waals surface area (Å²) in [5, 5.41) is 1.27. The van der Waals surface area contributed by atoms with Crippen LogP contribution in [0, 0.1) is 5.92 Å². The van der Waals surface area contributed by atoms with E-state index in [-0.39, 0.29) is 0 Å². The van der Waals surface area contributed by atoms with E-state index in [4.69, 9.17) is 23.2 Å². The summed E-state index contributed by atoms with van der Waals surface area (Å²) in [5.74, 6) is 1.92. The maximum atomic E-state index is 6.28. The van der Waals surface area contributed by atoms with Crippen LogP contribution in [0.2, 0.25) is 10.0 Å². The smallest absolute Gasteiger partial charge is 0.0595 e. The second kappa shape index (κ2) is 10.6. The highest BCUT2D eigenvalue weighted by atomic mass is 35.5. The van der Waals surface area contributed by atoms with E-state index in [2.05, 4.69) is 76.5 Å². The van der Waals surface area contributed by atoms with Crippen molar-refractivity contribution in [3.05, 3.63) is 106 Å². The number of nitrogens with zero attached hydrogens (tertiary/aromatic N) is 2. The van der Waals surface area contributed by atoms with Crippen LogP contribution >= 0.6 is 23.2 Å². The molecule has 0 saturated carbocycles. The molecule has 2 atom stereocenters. The molecule has 2 heterocycles. The van der Waals surface area contributed by atoms with Crippen molar-refractivity contribution in [2.24, 2.45) is 5.92 Å². The lowest BCUT2D eigenvalue weighted by Crippen LogP contribution is -2.38. The van der Waals surface area contributed by atoms with Gasteiger partial charge in [-0.3, -0.25) is 4.90 Å². The van der Waals surface area contributed by atoms with Gasteiger partial charge in [-0.25, -0.2) is 0 Å². The van der Waals surface area contributed by atoms with Crippen molar-refractivity contribution >= 4 is 23.2 Å². The Balaban J connectivity index is 1.25. The van der Waals surface area contributed by atoms with Gasteiger partial charge in [0, 0.05) is 32.1 Å². The number of rotatable bonds is 6. The Hall–Kier alpha value is -1.84. The third kappa shape index (κ3) is 5.63. The average molecular weight is 479 g/mol. The van der Waals surface area contributed by atoms with Crippen LogP contribution in [0.3, 0.4) is 0 Å². The molecule has 5 rings (SSSR count). The van der Waals surface area contributed by atoms with E-state index in [1.165, 1.54) is 49.2 Å². The standard InChI is InChI=1S/C29H32Cl2N2/c30-28-12-11-22(17-29(28)31)18-33-20-26(27(21-33)25-9-5-2-6-10-25)19-32-15-13-24(14-16-32)23-7-3-1-4-8-23/h1-12,17,24,26-27H,13-16,18-21H2/t26-,27+/m1/s1. The van der Waals surface area contributed by atoms with E-state index >= 15 is 0 Å². The highest BCUT2D eigenvalue weighted by molar-refractivity contribution is 6.42. The molecule has 0 amide bonds. The molecule has 2 aliphatic rings. The van der Waals surface area contributed by atoms with E-state index in [0.717, 1.165) is 19.6 Å². The molecule has 3 aromatic carbocycles. The highest BCUT2D eigenvalue weighted by Gasteiger charge is 2.35. The van der Waals surface area contributed by atoms with Gasteiger partial charge in [0.2, 0.25) is 0 Å². The second-order valence-electron chi connectivity index (χ2n) is 9.71. The van der Waals surface area contributed by atoms with Crippen molar-refractivity contribution in [1.82, 2.24) is 9.80 Å². The second-order valence-corrected chi connectivity index (χ2v) is 10.5. The molecule has 33 heavy (non-hydrogen) atoms. The maximum absolute atomic E-state index is 6.28. The Kier molecular flexibility index (Phi) is 7.37. The number of hydrogen-bond acceptors (Lipinski definition) is 2. The van der Waals surface area contributed by atoms with Gasteiger partial charge in [-0.1, -0.05) is 89.9 Å². The normalized spacial score (nSPS) is 22.6. The van der Waals surface area contributed by atoms with Crippen LogP contribution in [0.25, 0.3) is 0 Å². The number of hydrogen-bond donors (Lipinski definition) is 0. The fourth-order valence-corrected chi connectivity index (χ4v) is 6.08. The number of halogens is 2. The molecule has 2 fully saturated rings. The van der Waals surface area contributed by atoms with Gasteiger partial charge in [0.25, 0.3) is 0 Å². The highest BCUT2D eigenvalue weighted by Crippen LogP contribution is 2.36. The van der Waals surface area contributed by atoms with Gasteiger partial charge in [-0.15, -0.1) is 0 Å². The van der Waals surface area contributed by atoms with Crippen LogP contribution in [-0.2, 0) is 6.54 Å². The topological polar surface area (TPSA) is 6.48 Å². The van der Waals surface area contributed by atoms with E-state index in [1.54, 1.807) is 0 Å². The molecular formula is C29H32Cl2N2. The van der Waals surface area contributed by atoms with Gasteiger partial charge in [-0.2, -0.15) is 0 Å². The van der Waals surface area contributed by atoms with Gasteiger partial charge in [0.15, 0.2) is 0 Å². The first-order valence-corrected chi connectivity index (χ1v) is 12.9. The SMILES string of the molecule is Clc1ccc(CN2C[C@@H](CN3CCC(c4ccccc4)CC3)[C@H](c3ccccc3)C2)cc1Cl. The third-order valence-electron chi connectivity index (χ3n) is 7.49. The first-order valence-electron chi connectivity index (χ1n) is 12.1. The Labute approximate surface area is 208 Å². The summed E-state index contributed by atoms with van der Waals surface area (Å²) in [7, 11) is 0. The molecule has 0 unspecified atom stereocenters. The maximum Gasteiger partial charge on any atom is 0.0595 e. The van der Waals surface area contributed by atoms with E-state index in [9.17, 15) is 0 Å². The Morgan fingerprint density at radius 3 is 2.03 bits per heavy atom. The number of benzene rings is 3. The van der Waals surface area contributed by atoms with Crippen LogP contribution < -0.4 is 0 Å². The van der Waals surface area contributed by atoms with Crippen molar-refractivity contribution in [2.75, 3.05) is 32.7 Å². The molecular weight excluding hydrogens is 447 g/mol.